The molecule has 0 unspecified atom stereocenters. The molecule has 1 aromatic rings. The average Bonchev–Trinajstić information content (AvgIpc) is 3.35. The lowest BCUT2D eigenvalue weighted by molar-refractivity contribution is 0.0685. The van der Waals surface area contributed by atoms with Crippen LogP contribution in [0.1, 0.15) is 43.6 Å². The second-order valence-electron chi connectivity index (χ2n) is 6.16. The third kappa shape index (κ3) is 3.62. The van der Waals surface area contributed by atoms with Gasteiger partial charge in [0.05, 0.1) is 26.4 Å². The molecule has 1 N–H and O–H groups in total. The number of hydrogen-bond donors (Lipinski definition) is 1. The molecule has 0 radical (unpaired) electrons. The van der Waals surface area contributed by atoms with Crippen LogP contribution < -0.4 is 0 Å². The number of rotatable bonds is 9. The Morgan fingerprint density at radius 1 is 1.35 bits per heavy atom. The van der Waals surface area contributed by atoms with Crippen LogP contribution in [-0.4, -0.2) is 42.4 Å². The maximum absolute atomic E-state index is 8.72. The molecule has 0 amide bonds. The zero-order valence-electron chi connectivity index (χ0n) is 12.3. The normalized spacial score (nSPS) is 25.4. The highest BCUT2D eigenvalue weighted by atomic mass is 16.5. The molecule has 0 aliphatic heterocycles. The van der Waals surface area contributed by atoms with E-state index < -0.39 is 0 Å². The molecule has 1 heterocycles. The van der Waals surface area contributed by atoms with Crippen molar-refractivity contribution in [3.8, 4) is 0 Å². The second-order valence-corrected chi connectivity index (χ2v) is 6.16. The third-order valence-electron chi connectivity index (χ3n) is 4.34. The molecule has 1 aromatic heterocycles. The van der Waals surface area contributed by atoms with Gasteiger partial charge in [0.15, 0.2) is 0 Å². The Kier molecular flexibility index (Phi) is 4.44. The predicted octanol–water partition coefficient (Wildman–Crippen LogP) is 2.38. The van der Waals surface area contributed by atoms with E-state index >= 15 is 0 Å². The lowest BCUT2D eigenvalue weighted by atomic mass is 10.3. The molecule has 0 bridgehead atoms. The molecule has 0 saturated heterocycles. The standard InChI is InChI=1S/C16H25NO3/c1-12-10-15(12)16-5-4-14(20-16)11-17(13-2-3-13)6-8-19-9-7-18/h4-5,12-13,15,18H,2-3,6-11H2,1H3/t12-,15+/m1/s1. The lowest BCUT2D eigenvalue weighted by Gasteiger charge is -2.20. The average molecular weight is 279 g/mol. The van der Waals surface area contributed by atoms with E-state index in [1.54, 1.807) is 0 Å². The van der Waals surface area contributed by atoms with Crippen LogP contribution >= 0.6 is 0 Å². The van der Waals surface area contributed by atoms with Gasteiger partial charge in [-0.25, -0.2) is 0 Å². The van der Waals surface area contributed by atoms with Gasteiger partial charge >= 0.3 is 0 Å². The van der Waals surface area contributed by atoms with Crippen LogP contribution in [0.3, 0.4) is 0 Å². The molecule has 0 spiro atoms. The zero-order valence-corrected chi connectivity index (χ0v) is 12.3. The first-order valence-electron chi connectivity index (χ1n) is 7.79. The Labute approximate surface area is 120 Å². The zero-order chi connectivity index (χ0) is 13.9. The van der Waals surface area contributed by atoms with Gasteiger partial charge in [-0.05, 0) is 37.3 Å². The van der Waals surface area contributed by atoms with Gasteiger partial charge in [-0.15, -0.1) is 0 Å². The topological polar surface area (TPSA) is 45.8 Å². The third-order valence-corrected chi connectivity index (χ3v) is 4.34. The van der Waals surface area contributed by atoms with Crippen molar-refractivity contribution in [1.29, 1.82) is 0 Å². The first-order valence-corrected chi connectivity index (χ1v) is 7.79. The number of ether oxygens (including phenoxy) is 1. The maximum Gasteiger partial charge on any atom is 0.118 e. The summed E-state index contributed by atoms with van der Waals surface area (Å²) >= 11 is 0. The molecule has 2 aliphatic rings. The summed E-state index contributed by atoms with van der Waals surface area (Å²) < 4.78 is 11.4. The Balaban J connectivity index is 1.49. The van der Waals surface area contributed by atoms with Crippen LogP contribution in [0.5, 0.6) is 0 Å². The molecule has 112 valence electrons. The fraction of sp³-hybridized carbons (Fsp3) is 0.750. The first kappa shape index (κ1) is 14.1. The van der Waals surface area contributed by atoms with Gasteiger partial charge in [0, 0.05) is 18.5 Å². The summed E-state index contributed by atoms with van der Waals surface area (Å²) in [5.41, 5.74) is 0. The van der Waals surface area contributed by atoms with E-state index in [-0.39, 0.29) is 6.61 Å². The quantitative estimate of drug-likeness (QED) is 0.705. The van der Waals surface area contributed by atoms with Crippen LogP contribution in [0.15, 0.2) is 16.5 Å². The highest BCUT2D eigenvalue weighted by molar-refractivity contribution is 5.17. The molecular weight excluding hydrogens is 254 g/mol. The molecule has 2 atom stereocenters. The summed E-state index contributed by atoms with van der Waals surface area (Å²) in [6, 6.07) is 4.97. The minimum atomic E-state index is 0.102. The Bertz CT molecular complexity index is 427. The number of furan rings is 1. The van der Waals surface area contributed by atoms with Gasteiger partial charge in [-0.3, -0.25) is 4.90 Å². The Morgan fingerprint density at radius 3 is 2.80 bits per heavy atom. The molecule has 20 heavy (non-hydrogen) atoms. The summed E-state index contributed by atoms with van der Waals surface area (Å²) in [5, 5.41) is 8.72. The molecule has 2 saturated carbocycles. The van der Waals surface area contributed by atoms with E-state index in [0.717, 1.165) is 24.8 Å². The number of aliphatic hydroxyl groups excluding tert-OH is 1. The van der Waals surface area contributed by atoms with E-state index in [1.165, 1.54) is 25.0 Å². The molecule has 4 heteroatoms. The fourth-order valence-corrected chi connectivity index (χ4v) is 2.78. The predicted molar refractivity (Wildman–Crippen MR) is 76.6 cm³/mol. The monoisotopic (exact) mass is 279 g/mol. The highest BCUT2D eigenvalue weighted by Crippen LogP contribution is 2.47. The minimum absolute atomic E-state index is 0.102. The molecule has 3 rings (SSSR count). The van der Waals surface area contributed by atoms with Crippen LogP contribution in [-0.2, 0) is 11.3 Å². The highest BCUT2D eigenvalue weighted by Gasteiger charge is 2.37. The molecule has 0 aromatic carbocycles. The lowest BCUT2D eigenvalue weighted by Crippen LogP contribution is -2.29. The van der Waals surface area contributed by atoms with Crippen molar-refractivity contribution in [2.75, 3.05) is 26.4 Å². The summed E-state index contributed by atoms with van der Waals surface area (Å²) in [4.78, 5) is 2.44. The van der Waals surface area contributed by atoms with Crippen LogP contribution in [0.25, 0.3) is 0 Å². The molecule has 2 fully saturated rings. The minimum Gasteiger partial charge on any atom is -0.464 e. The number of nitrogens with zero attached hydrogens (tertiary/aromatic N) is 1. The Morgan fingerprint density at radius 2 is 2.15 bits per heavy atom. The Hall–Kier alpha value is -0.840. The summed E-state index contributed by atoms with van der Waals surface area (Å²) in [6.07, 6.45) is 3.84. The smallest absolute Gasteiger partial charge is 0.118 e. The van der Waals surface area contributed by atoms with Crippen LogP contribution in [0.2, 0.25) is 0 Å². The SMILES string of the molecule is C[C@@H]1C[C@@H]1c1ccc(CN(CCOCCO)C2CC2)o1. The molecule has 2 aliphatic carbocycles. The van der Waals surface area contributed by atoms with Crippen LogP contribution in [0.4, 0.5) is 0 Å². The fourth-order valence-electron chi connectivity index (χ4n) is 2.78. The maximum atomic E-state index is 8.72. The summed E-state index contributed by atoms with van der Waals surface area (Å²) in [7, 11) is 0. The van der Waals surface area contributed by atoms with Crippen molar-refractivity contribution >= 4 is 0 Å². The van der Waals surface area contributed by atoms with Crippen molar-refractivity contribution in [1.82, 2.24) is 4.90 Å². The number of aliphatic hydroxyl groups is 1. The van der Waals surface area contributed by atoms with Crippen molar-refractivity contribution in [2.24, 2.45) is 5.92 Å². The van der Waals surface area contributed by atoms with E-state index in [2.05, 4.69) is 24.0 Å². The van der Waals surface area contributed by atoms with E-state index in [9.17, 15) is 0 Å². The summed E-state index contributed by atoms with van der Waals surface area (Å²) in [5.74, 6) is 3.69. The van der Waals surface area contributed by atoms with Gasteiger partial charge in [0.25, 0.3) is 0 Å². The summed E-state index contributed by atoms with van der Waals surface area (Å²) in [6.45, 7) is 5.30. The van der Waals surface area contributed by atoms with Gasteiger partial charge < -0.3 is 14.3 Å². The van der Waals surface area contributed by atoms with E-state index in [1.807, 2.05) is 0 Å². The van der Waals surface area contributed by atoms with Crippen molar-refractivity contribution in [2.45, 2.75) is 44.7 Å². The molecular formula is C16H25NO3. The van der Waals surface area contributed by atoms with E-state index in [0.29, 0.717) is 25.2 Å². The van der Waals surface area contributed by atoms with Gasteiger partial charge in [0.2, 0.25) is 0 Å². The van der Waals surface area contributed by atoms with Crippen molar-refractivity contribution < 1.29 is 14.3 Å². The van der Waals surface area contributed by atoms with Gasteiger partial charge in [-0.2, -0.15) is 0 Å². The van der Waals surface area contributed by atoms with E-state index in [4.69, 9.17) is 14.3 Å². The molecule has 4 nitrogen and oxygen atoms in total. The second kappa shape index (κ2) is 6.29. The largest absolute Gasteiger partial charge is 0.464 e. The van der Waals surface area contributed by atoms with Crippen LogP contribution in [0, 0.1) is 5.92 Å². The van der Waals surface area contributed by atoms with Gasteiger partial charge in [-0.1, -0.05) is 6.92 Å². The van der Waals surface area contributed by atoms with Gasteiger partial charge in [0.1, 0.15) is 11.5 Å². The number of hydrogen-bond acceptors (Lipinski definition) is 4. The first-order chi connectivity index (χ1) is 9.78. The van der Waals surface area contributed by atoms with Crippen molar-refractivity contribution in [3.63, 3.8) is 0 Å². The van der Waals surface area contributed by atoms with Crippen molar-refractivity contribution in [3.05, 3.63) is 23.7 Å².